The number of hydrogen-bond acceptors (Lipinski definition) is 1. The summed E-state index contributed by atoms with van der Waals surface area (Å²) in [6, 6.07) is 0. The predicted octanol–water partition coefficient (Wildman–Crippen LogP) is 2.96. The summed E-state index contributed by atoms with van der Waals surface area (Å²) in [5.74, 6) is 1.47. The van der Waals surface area contributed by atoms with Gasteiger partial charge >= 0.3 is 0 Å². The Kier molecular flexibility index (Phi) is 2.61. The smallest absolute Gasteiger partial charge is 0.0846 e. The Bertz CT molecular complexity index is 146. The average molecular weight is 189 g/mol. The van der Waals surface area contributed by atoms with Crippen molar-refractivity contribution in [3.63, 3.8) is 0 Å². The van der Waals surface area contributed by atoms with Gasteiger partial charge in [-0.25, -0.2) is 0 Å². The summed E-state index contributed by atoms with van der Waals surface area (Å²) in [7, 11) is 0. The van der Waals surface area contributed by atoms with Crippen molar-refractivity contribution in [2.75, 3.05) is 12.5 Å². The summed E-state index contributed by atoms with van der Waals surface area (Å²) in [6.45, 7) is 0.934. The van der Waals surface area contributed by atoms with Crippen LogP contribution in [0, 0.1) is 5.92 Å². The van der Waals surface area contributed by atoms with Gasteiger partial charge in [0.1, 0.15) is 0 Å². The van der Waals surface area contributed by atoms with Gasteiger partial charge in [-0.15, -0.1) is 11.6 Å². The van der Waals surface area contributed by atoms with Crippen molar-refractivity contribution in [1.29, 1.82) is 0 Å². The lowest BCUT2D eigenvalue weighted by atomic mass is 9.85. The highest BCUT2D eigenvalue weighted by atomic mass is 35.5. The SMILES string of the molecule is ClCC1(C2CCCC2)CCCO1. The van der Waals surface area contributed by atoms with Crippen LogP contribution in [0.2, 0.25) is 0 Å². The molecule has 2 fully saturated rings. The van der Waals surface area contributed by atoms with E-state index in [-0.39, 0.29) is 5.60 Å². The summed E-state index contributed by atoms with van der Waals surface area (Å²) in [4.78, 5) is 0. The van der Waals surface area contributed by atoms with E-state index in [1.54, 1.807) is 0 Å². The fraction of sp³-hybridized carbons (Fsp3) is 1.00. The third-order valence-corrected chi connectivity index (χ3v) is 3.91. The van der Waals surface area contributed by atoms with E-state index in [1.807, 2.05) is 0 Å². The van der Waals surface area contributed by atoms with Crippen molar-refractivity contribution < 1.29 is 4.74 Å². The minimum atomic E-state index is 0.0814. The van der Waals surface area contributed by atoms with Crippen LogP contribution in [-0.2, 0) is 4.74 Å². The van der Waals surface area contributed by atoms with Crippen LogP contribution >= 0.6 is 11.6 Å². The van der Waals surface area contributed by atoms with E-state index in [0.29, 0.717) is 5.88 Å². The molecule has 1 saturated heterocycles. The van der Waals surface area contributed by atoms with Gasteiger partial charge in [-0.05, 0) is 31.6 Å². The Morgan fingerprint density at radius 1 is 1.25 bits per heavy atom. The van der Waals surface area contributed by atoms with Crippen LogP contribution in [0.25, 0.3) is 0 Å². The van der Waals surface area contributed by atoms with Gasteiger partial charge in [-0.2, -0.15) is 0 Å². The number of ether oxygens (including phenoxy) is 1. The first-order valence-corrected chi connectivity index (χ1v) is 5.61. The molecule has 1 nitrogen and oxygen atoms in total. The normalized spacial score (nSPS) is 37.8. The molecule has 1 saturated carbocycles. The van der Waals surface area contributed by atoms with Crippen LogP contribution in [-0.4, -0.2) is 18.1 Å². The van der Waals surface area contributed by atoms with Gasteiger partial charge in [0.05, 0.1) is 11.5 Å². The monoisotopic (exact) mass is 188 g/mol. The number of hydrogen-bond donors (Lipinski definition) is 0. The molecule has 0 aromatic heterocycles. The number of alkyl halides is 1. The van der Waals surface area contributed by atoms with Gasteiger partial charge in [0.15, 0.2) is 0 Å². The molecule has 0 spiro atoms. The molecule has 2 aliphatic rings. The Morgan fingerprint density at radius 2 is 2.00 bits per heavy atom. The largest absolute Gasteiger partial charge is 0.373 e. The zero-order valence-corrected chi connectivity index (χ0v) is 8.28. The first-order chi connectivity index (χ1) is 5.87. The van der Waals surface area contributed by atoms with Crippen molar-refractivity contribution >= 4 is 11.6 Å². The third-order valence-electron chi connectivity index (χ3n) is 3.46. The second-order valence-corrected chi connectivity index (χ2v) is 4.40. The molecule has 1 heterocycles. The molecule has 1 aliphatic carbocycles. The fourth-order valence-electron chi connectivity index (χ4n) is 2.71. The van der Waals surface area contributed by atoms with E-state index < -0.39 is 0 Å². The van der Waals surface area contributed by atoms with E-state index in [9.17, 15) is 0 Å². The lowest BCUT2D eigenvalue weighted by Crippen LogP contribution is -2.37. The lowest BCUT2D eigenvalue weighted by Gasteiger charge is -2.32. The number of rotatable bonds is 2. The standard InChI is InChI=1S/C10H17ClO/c11-8-10(6-3-7-12-10)9-4-1-2-5-9/h9H,1-8H2. The quantitative estimate of drug-likeness (QED) is 0.606. The van der Waals surface area contributed by atoms with E-state index in [0.717, 1.165) is 12.5 Å². The van der Waals surface area contributed by atoms with Gasteiger partial charge < -0.3 is 4.74 Å². The van der Waals surface area contributed by atoms with Crippen molar-refractivity contribution in [3.8, 4) is 0 Å². The first kappa shape index (κ1) is 8.83. The van der Waals surface area contributed by atoms with Crippen LogP contribution in [0.1, 0.15) is 38.5 Å². The van der Waals surface area contributed by atoms with Gasteiger partial charge in [0.2, 0.25) is 0 Å². The molecule has 0 N–H and O–H groups in total. The molecule has 0 radical (unpaired) electrons. The van der Waals surface area contributed by atoms with Gasteiger partial charge in [0, 0.05) is 6.61 Å². The molecule has 2 rings (SSSR count). The van der Waals surface area contributed by atoms with E-state index in [1.165, 1.54) is 38.5 Å². The Labute approximate surface area is 79.4 Å². The average Bonchev–Trinajstić information content (AvgIpc) is 2.76. The molecular formula is C10H17ClO. The van der Waals surface area contributed by atoms with Crippen LogP contribution in [0.4, 0.5) is 0 Å². The van der Waals surface area contributed by atoms with Gasteiger partial charge in [-0.1, -0.05) is 12.8 Å². The minimum Gasteiger partial charge on any atom is -0.373 e. The molecule has 2 heteroatoms. The molecule has 0 aromatic rings. The Morgan fingerprint density at radius 3 is 2.50 bits per heavy atom. The zero-order chi connectivity index (χ0) is 8.44. The highest BCUT2D eigenvalue weighted by molar-refractivity contribution is 6.18. The van der Waals surface area contributed by atoms with Crippen molar-refractivity contribution in [3.05, 3.63) is 0 Å². The fourth-order valence-corrected chi connectivity index (χ4v) is 3.14. The summed E-state index contributed by atoms with van der Waals surface area (Å²) in [5, 5.41) is 0. The van der Waals surface area contributed by atoms with E-state index >= 15 is 0 Å². The molecular weight excluding hydrogens is 172 g/mol. The second kappa shape index (κ2) is 3.55. The summed E-state index contributed by atoms with van der Waals surface area (Å²) < 4.78 is 5.84. The minimum absolute atomic E-state index is 0.0814. The maximum Gasteiger partial charge on any atom is 0.0846 e. The predicted molar refractivity (Wildman–Crippen MR) is 50.6 cm³/mol. The maximum atomic E-state index is 6.02. The van der Waals surface area contributed by atoms with Crippen molar-refractivity contribution in [2.45, 2.75) is 44.1 Å². The highest BCUT2D eigenvalue weighted by Crippen LogP contribution is 2.42. The summed E-state index contributed by atoms with van der Waals surface area (Å²) in [5.41, 5.74) is 0.0814. The van der Waals surface area contributed by atoms with Crippen LogP contribution in [0.3, 0.4) is 0 Å². The van der Waals surface area contributed by atoms with Crippen LogP contribution < -0.4 is 0 Å². The number of halogens is 1. The van der Waals surface area contributed by atoms with E-state index in [4.69, 9.17) is 16.3 Å². The Balaban J connectivity index is 2.04. The summed E-state index contributed by atoms with van der Waals surface area (Å²) >= 11 is 6.02. The molecule has 0 aromatic carbocycles. The van der Waals surface area contributed by atoms with E-state index in [2.05, 4.69) is 0 Å². The third kappa shape index (κ3) is 1.38. The van der Waals surface area contributed by atoms with Gasteiger partial charge in [-0.3, -0.25) is 0 Å². The molecule has 1 atom stereocenters. The Hall–Kier alpha value is 0.250. The molecule has 0 amide bonds. The highest BCUT2D eigenvalue weighted by Gasteiger charge is 2.42. The zero-order valence-electron chi connectivity index (χ0n) is 7.52. The molecule has 12 heavy (non-hydrogen) atoms. The molecule has 70 valence electrons. The van der Waals surface area contributed by atoms with Crippen molar-refractivity contribution in [2.24, 2.45) is 5.92 Å². The molecule has 0 bridgehead atoms. The maximum absolute atomic E-state index is 6.02. The molecule has 1 aliphatic heterocycles. The molecule has 1 unspecified atom stereocenters. The van der Waals surface area contributed by atoms with Gasteiger partial charge in [0.25, 0.3) is 0 Å². The topological polar surface area (TPSA) is 9.23 Å². The first-order valence-electron chi connectivity index (χ1n) is 5.07. The second-order valence-electron chi connectivity index (χ2n) is 4.13. The summed E-state index contributed by atoms with van der Waals surface area (Å²) in [6.07, 6.45) is 7.85. The lowest BCUT2D eigenvalue weighted by molar-refractivity contribution is -0.0236. The van der Waals surface area contributed by atoms with Crippen LogP contribution in [0.15, 0.2) is 0 Å². The van der Waals surface area contributed by atoms with Crippen molar-refractivity contribution in [1.82, 2.24) is 0 Å². The van der Waals surface area contributed by atoms with Crippen LogP contribution in [0.5, 0.6) is 0 Å².